The van der Waals surface area contributed by atoms with Gasteiger partial charge < -0.3 is 13.9 Å². The van der Waals surface area contributed by atoms with Crippen molar-refractivity contribution in [2.24, 2.45) is 5.41 Å². The van der Waals surface area contributed by atoms with E-state index in [-0.39, 0.29) is 23.7 Å². The Bertz CT molecular complexity index is 935. The second-order valence-corrected chi connectivity index (χ2v) is 9.49. The highest BCUT2D eigenvalue weighted by molar-refractivity contribution is 7.83. The number of fused-ring (bicyclic) bond motifs is 1. The topological polar surface area (TPSA) is 85.6 Å². The van der Waals surface area contributed by atoms with Gasteiger partial charge in [0.2, 0.25) is 0 Å². The molecule has 1 atom stereocenters. The maximum absolute atomic E-state index is 13.1. The lowest BCUT2D eigenvalue weighted by Gasteiger charge is -2.30. The summed E-state index contributed by atoms with van der Waals surface area (Å²) in [6, 6.07) is 0. The molecule has 0 saturated heterocycles. The van der Waals surface area contributed by atoms with Crippen molar-refractivity contribution >= 4 is 22.8 Å². The number of hydrogen-bond donors (Lipinski definition) is 1. The Kier molecular flexibility index (Phi) is 6.29. The molecule has 29 heavy (non-hydrogen) atoms. The number of rotatable bonds is 6. The summed E-state index contributed by atoms with van der Waals surface area (Å²) in [5, 5.41) is 0. The number of nitrogens with zero attached hydrogens (tertiary/aromatic N) is 1. The Morgan fingerprint density at radius 1 is 1.34 bits per heavy atom. The summed E-state index contributed by atoms with van der Waals surface area (Å²) < 4.78 is 28.5. The fraction of sp³-hybridized carbons (Fsp3) is 0.545. The SMILES string of the molecule is CCOC(=O)Cn1c(C)c(CC2=C(S(=O)O)C=CCC2)c2c1CC(C)(C)CC2=O. The number of hydrogen-bond acceptors (Lipinski definition) is 4. The lowest BCUT2D eigenvalue weighted by molar-refractivity contribution is -0.143. The van der Waals surface area contributed by atoms with Crippen molar-refractivity contribution in [1.29, 1.82) is 0 Å². The molecule has 1 heterocycles. The van der Waals surface area contributed by atoms with Crippen molar-refractivity contribution in [2.75, 3.05) is 6.61 Å². The maximum Gasteiger partial charge on any atom is 0.325 e. The summed E-state index contributed by atoms with van der Waals surface area (Å²) in [5.74, 6) is -0.247. The van der Waals surface area contributed by atoms with Crippen LogP contribution in [0.2, 0.25) is 0 Å². The monoisotopic (exact) mass is 419 g/mol. The molecule has 1 unspecified atom stereocenters. The molecule has 0 aliphatic heterocycles. The van der Waals surface area contributed by atoms with E-state index in [1.54, 1.807) is 13.0 Å². The van der Waals surface area contributed by atoms with Crippen LogP contribution in [0.1, 0.15) is 67.3 Å². The molecule has 6 nitrogen and oxygen atoms in total. The van der Waals surface area contributed by atoms with Crippen LogP contribution in [-0.4, -0.2) is 31.7 Å². The van der Waals surface area contributed by atoms with E-state index >= 15 is 0 Å². The van der Waals surface area contributed by atoms with Gasteiger partial charge in [-0.1, -0.05) is 19.9 Å². The molecular formula is C22H29NO5S. The van der Waals surface area contributed by atoms with Crippen molar-refractivity contribution < 1.29 is 23.1 Å². The first kappa shape index (κ1) is 21.7. The Hall–Kier alpha value is -1.99. The maximum atomic E-state index is 13.1. The van der Waals surface area contributed by atoms with E-state index in [0.29, 0.717) is 42.8 Å². The summed E-state index contributed by atoms with van der Waals surface area (Å²) in [5.41, 5.74) is 4.01. The Balaban J connectivity index is 2.11. The van der Waals surface area contributed by atoms with Gasteiger partial charge in [-0.05, 0) is 62.2 Å². The molecule has 1 aromatic heterocycles. The zero-order valence-electron chi connectivity index (χ0n) is 17.5. The Morgan fingerprint density at radius 2 is 2.07 bits per heavy atom. The van der Waals surface area contributed by atoms with Gasteiger partial charge in [0.15, 0.2) is 16.9 Å². The summed E-state index contributed by atoms with van der Waals surface area (Å²) >= 11 is -2.06. The molecule has 2 aliphatic carbocycles. The zero-order chi connectivity index (χ0) is 21.3. The fourth-order valence-electron chi connectivity index (χ4n) is 4.43. The number of allylic oxidation sites excluding steroid dienone is 3. The Labute approximate surface area is 174 Å². The lowest BCUT2D eigenvalue weighted by Crippen LogP contribution is -2.29. The van der Waals surface area contributed by atoms with Gasteiger partial charge in [-0.25, -0.2) is 4.21 Å². The average molecular weight is 420 g/mol. The van der Waals surface area contributed by atoms with Crippen LogP contribution in [0.4, 0.5) is 0 Å². The molecule has 0 amide bonds. The molecule has 1 aromatic rings. The molecule has 0 bridgehead atoms. The largest absolute Gasteiger partial charge is 0.465 e. The highest BCUT2D eigenvalue weighted by atomic mass is 32.2. The van der Waals surface area contributed by atoms with Crippen molar-refractivity contribution in [3.63, 3.8) is 0 Å². The third-order valence-electron chi connectivity index (χ3n) is 5.72. The van der Waals surface area contributed by atoms with Gasteiger partial charge in [0.25, 0.3) is 0 Å². The van der Waals surface area contributed by atoms with Gasteiger partial charge in [-0.3, -0.25) is 9.59 Å². The third kappa shape index (κ3) is 4.46. The van der Waals surface area contributed by atoms with Gasteiger partial charge in [0, 0.05) is 23.4 Å². The standard InChI is InChI=1S/C22H29NO5S/c1-5-28-20(25)13-23-14(2)16(10-15-8-6-7-9-19(15)29(26)27)21-17(23)11-22(3,4)12-18(21)24/h7,9H,5-6,8,10-13H2,1-4H3,(H,26,27). The second-order valence-electron chi connectivity index (χ2n) is 8.55. The normalized spacial score (nSPS) is 19.3. The van der Waals surface area contributed by atoms with Gasteiger partial charge in [0.1, 0.15) is 6.54 Å². The molecule has 158 valence electrons. The second kappa shape index (κ2) is 8.40. The van der Waals surface area contributed by atoms with E-state index in [0.717, 1.165) is 28.9 Å². The van der Waals surface area contributed by atoms with E-state index < -0.39 is 11.1 Å². The predicted octanol–water partition coefficient (Wildman–Crippen LogP) is 3.88. The van der Waals surface area contributed by atoms with Gasteiger partial charge >= 0.3 is 5.97 Å². The van der Waals surface area contributed by atoms with E-state index in [2.05, 4.69) is 13.8 Å². The molecule has 0 aromatic carbocycles. The van der Waals surface area contributed by atoms with E-state index in [1.807, 2.05) is 17.6 Å². The van der Waals surface area contributed by atoms with Crippen molar-refractivity contribution in [2.45, 2.75) is 66.3 Å². The number of ketones is 1. The van der Waals surface area contributed by atoms with E-state index in [1.165, 1.54) is 0 Å². The van der Waals surface area contributed by atoms with E-state index in [4.69, 9.17) is 4.74 Å². The highest BCUT2D eigenvalue weighted by Crippen LogP contribution is 2.40. The lowest BCUT2D eigenvalue weighted by atomic mass is 9.75. The number of aromatic nitrogens is 1. The van der Waals surface area contributed by atoms with Crippen LogP contribution in [-0.2, 0) is 40.0 Å². The molecule has 0 fully saturated rings. The highest BCUT2D eigenvalue weighted by Gasteiger charge is 2.37. The average Bonchev–Trinajstić information content (AvgIpc) is 2.87. The Morgan fingerprint density at radius 3 is 2.72 bits per heavy atom. The molecule has 0 spiro atoms. The minimum Gasteiger partial charge on any atom is -0.465 e. The quantitative estimate of drug-likeness (QED) is 0.559. The van der Waals surface area contributed by atoms with Crippen LogP contribution in [0.15, 0.2) is 22.6 Å². The molecule has 2 aliphatic rings. The van der Waals surface area contributed by atoms with Crippen LogP contribution in [0.3, 0.4) is 0 Å². The van der Waals surface area contributed by atoms with Gasteiger partial charge in [-0.2, -0.15) is 0 Å². The summed E-state index contributed by atoms with van der Waals surface area (Å²) in [7, 11) is 0. The van der Waals surface area contributed by atoms with Crippen LogP contribution in [0.5, 0.6) is 0 Å². The summed E-state index contributed by atoms with van der Waals surface area (Å²) in [6.07, 6.45) is 6.70. The third-order valence-corrected chi connectivity index (χ3v) is 6.52. The molecular weight excluding hydrogens is 390 g/mol. The van der Waals surface area contributed by atoms with Gasteiger partial charge in [-0.15, -0.1) is 0 Å². The zero-order valence-corrected chi connectivity index (χ0v) is 18.4. The number of carbonyl (C=O) groups is 2. The molecule has 0 saturated carbocycles. The summed E-state index contributed by atoms with van der Waals surface area (Å²) in [4.78, 5) is 25.7. The first-order valence-corrected chi connectivity index (χ1v) is 11.1. The molecule has 7 heteroatoms. The minimum atomic E-state index is -2.06. The number of carbonyl (C=O) groups excluding carboxylic acids is 2. The molecule has 0 radical (unpaired) electrons. The summed E-state index contributed by atoms with van der Waals surface area (Å²) in [6.45, 7) is 8.19. The van der Waals surface area contributed by atoms with E-state index in [9.17, 15) is 18.4 Å². The fourth-order valence-corrected chi connectivity index (χ4v) is 5.07. The first-order chi connectivity index (χ1) is 13.6. The van der Waals surface area contributed by atoms with Crippen LogP contribution in [0, 0.1) is 12.3 Å². The van der Waals surface area contributed by atoms with Crippen LogP contribution < -0.4 is 0 Å². The number of Topliss-reactive ketones (excluding diaryl/α,β-unsaturated/α-hetero) is 1. The number of ether oxygens (including phenoxy) is 1. The van der Waals surface area contributed by atoms with Crippen molar-refractivity contribution in [1.82, 2.24) is 4.57 Å². The van der Waals surface area contributed by atoms with Crippen LogP contribution >= 0.6 is 0 Å². The predicted molar refractivity (Wildman–Crippen MR) is 112 cm³/mol. The molecule has 1 N–H and O–H groups in total. The minimum absolute atomic E-state index is 0.0725. The van der Waals surface area contributed by atoms with Gasteiger partial charge in [0.05, 0.1) is 11.5 Å². The smallest absolute Gasteiger partial charge is 0.325 e. The van der Waals surface area contributed by atoms with Crippen molar-refractivity contribution in [3.8, 4) is 0 Å². The number of esters is 1. The van der Waals surface area contributed by atoms with Crippen LogP contribution in [0.25, 0.3) is 0 Å². The first-order valence-electron chi connectivity index (χ1n) is 10.0. The van der Waals surface area contributed by atoms with Crippen molar-refractivity contribution in [3.05, 3.63) is 45.1 Å². The molecule has 3 rings (SSSR count).